The molecule has 0 unspecified atom stereocenters. The molecule has 0 aliphatic heterocycles. The van der Waals surface area contributed by atoms with Gasteiger partial charge in [-0.1, -0.05) is 0 Å². The molecule has 0 atom stereocenters. The smallest absolute Gasteiger partial charge is 0.452 e. The molecule has 0 aromatic carbocycles. The Kier molecular flexibility index (Phi) is 10.8. The summed E-state index contributed by atoms with van der Waals surface area (Å²) in [5.74, 6) is 0. The van der Waals surface area contributed by atoms with Crippen LogP contribution in [0.15, 0.2) is 23.3 Å². The van der Waals surface area contributed by atoms with E-state index in [0.717, 1.165) is 0 Å². The largest absolute Gasteiger partial charge is 0.692 e. The lowest BCUT2D eigenvalue weighted by molar-refractivity contribution is 0.405. The van der Waals surface area contributed by atoms with Gasteiger partial charge in [0.1, 0.15) is 6.26 Å². The van der Waals surface area contributed by atoms with Crippen LogP contribution >= 0.6 is 25.2 Å². The quantitative estimate of drug-likeness (QED) is 0.647. The minimum Gasteiger partial charge on any atom is -0.452 e. The van der Waals surface area contributed by atoms with Gasteiger partial charge in [-0.2, -0.15) is 0 Å². The number of oxazole rings is 1. The molecule has 10 heavy (non-hydrogen) atoms. The monoisotopic (exact) mass is 230 g/mol. The van der Waals surface area contributed by atoms with Crippen LogP contribution in [0.2, 0.25) is 0 Å². The van der Waals surface area contributed by atoms with Crippen molar-refractivity contribution in [3.8, 4) is 0 Å². The highest BCUT2D eigenvalue weighted by molar-refractivity contribution is 8.93. The van der Waals surface area contributed by atoms with Crippen LogP contribution in [0.1, 0.15) is 0 Å². The van der Waals surface area contributed by atoms with E-state index in [9.17, 15) is 0 Å². The van der Waals surface area contributed by atoms with Gasteiger partial charge in [-0.3, -0.25) is 0 Å². The fourth-order valence-electron chi connectivity index (χ4n) is 0.176. The first-order chi connectivity index (χ1) is 4.23. The maximum Gasteiger partial charge on any atom is 0.692 e. The van der Waals surface area contributed by atoms with E-state index in [-0.39, 0.29) is 17.0 Å². The number of halogens is 1. The van der Waals surface area contributed by atoms with E-state index < -0.39 is 8.25 Å². The molecule has 2 N–H and O–H groups in total. The average Bonchev–Trinajstić information content (AvgIpc) is 2.11. The maximum absolute atomic E-state index is 8.70. The molecular weight excluding hydrogens is 225 g/mol. The van der Waals surface area contributed by atoms with Gasteiger partial charge in [0.2, 0.25) is 0 Å². The number of aromatic nitrogens is 1. The van der Waals surface area contributed by atoms with Crippen LogP contribution in [-0.2, 0) is 4.57 Å². The van der Waals surface area contributed by atoms with E-state index >= 15 is 0 Å². The molecule has 0 aliphatic carbocycles. The highest BCUT2D eigenvalue weighted by Gasteiger charge is 1.93. The zero-order valence-corrected chi connectivity index (χ0v) is 7.35. The molecule has 0 fully saturated rings. The lowest BCUT2D eigenvalue weighted by atomic mass is 11.0. The molecule has 0 radical (unpaired) electrons. The summed E-state index contributed by atoms with van der Waals surface area (Å²) >= 11 is 0. The Labute approximate surface area is 68.4 Å². The number of rotatable bonds is 0. The first kappa shape index (κ1) is 12.4. The molecule has 0 aliphatic rings. The predicted molar refractivity (Wildman–Crippen MR) is 38.9 cm³/mol. The Balaban J connectivity index is 0. The lowest BCUT2D eigenvalue weighted by Crippen LogP contribution is -1.38. The van der Waals surface area contributed by atoms with Crippen LogP contribution in [0.3, 0.4) is 0 Å². The van der Waals surface area contributed by atoms with E-state index in [4.69, 9.17) is 14.4 Å². The summed E-state index contributed by atoms with van der Waals surface area (Å²) in [4.78, 5) is 17.8. The third-order valence-electron chi connectivity index (χ3n) is 0.347. The first-order valence-electron chi connectivity index (χ1n) is 1.90. The van der Waals surface area contributed by atoms with E-state index in [0.29, 0.717) is 0 Å². The maximum atomic E-state index is 8.70. The molecule has 0 bridgehead atoms. The highest BCUT2D eigenvalue weighted by atomic mass is 79.9. The predicted octanol–water partition coefficient (Wildman–Crippen LogP) is 0.881. The van der Waals surface area contributed by atoms with Gasteiger partial charge < -0.3 is 4.42 Å². The van der Waals surface area contributed by atoms with Gasteiger partial charge >= 0.3 is 8.25 Å². The van der Waals surface area contributed by atoms with Crippen molar-refractivity contribution in [2.45, 2.75) is 0 Å². The average molecular weight is 231 g/mol. The van der Waals surface area contributed by atoms with Crippen molar-refractivity contribution in [3.63, 3.8) is 0 Å². The second kappa shape index (κ2) is 8.71. The van der Waals surface area contributed by atoms with Crippen LogP contribution in [0.4, 0.5) is 0 Å². The summed E-state index contributed by atoms with van der Waals surface area (Å²) < 4.78 is 13.2. The van der Waals surface area contributed by atoms with Gasteiger partial charge in [0, 0.05) is 4.57 Å². The fraction of sp³-hybridized carbons (Fsp3) is 0. The summed E-state index contributed by atoms with van der Waals surface area (Å²) in [5, 5.41) is 0. The van der Waals surface area contributed by atoms with Crippen molar-refractivity contribution >= 4 is 25.2 Å². The van der Waals surface area contributed by atoms with Crippen molar-refractivity contribution in [1.82, 2.24) is 4.98 Å². The van der Waals surface area contributed by atoms with Crippen molar-refractivity contribution in [1.29, 1.82) is 0 Å². The van der Waals surface area contributed by atoms with Crippen molar-refractivity contribution < 1.29 is 18.8 Å². The van der Waals surface area contributed by atoms with Gasteiger partial charge in [-0.05, 0) is 0 Å². The van der Waals surface area contributed by atoms with Gasteiger partial charge in [-0.15, -0.1) is 26.8 Å². The number of hydrogen-bond donors (Lipinski definition) is 2. The van der Waals surface area contributed by atoms with E-state index in [1.807, 2.05) is 0 Å². The van der Waals surface area contributed by atoms with Gasteiger partial charge in [0.15, 0.2) is 6.39 Å². The molecule has 7 heteroatoms. The molecule has 0 saturated heterocycles. The summed E-state index contributed by atoms with van der Waals surface area (Å²) in [7, 11) is -2.87. The molecular formula is C3H6BrNO4P+. The summed E-state index contributed by atoms with van der Waals surface area (Å²) in [6.07, 6.45) is 4.47. The van der Waals surface area contributed by atoms with Crippen LogP contribution in [0, 0.1) is 0 Å². The summed E-state index contributed by atoms with van der Waals surface area (Å²) in [6, 6.07) is 0. The Morgan fingerprint density at radius 2 is 2.00 bits per heavy atom. The van der Waals surface area contributed by atoms with Crippen molar-refractivity contribution in [3.05, 3.63) is 18.9 Å². The summed E-state index contributed by atoms with van der Waals surface area (Å²) in [6.45, 7) is 0. The molecule has 1 heterocycles. The number of nitrogens with zero attached hydrogens (tertiary/aromatic N) is 1. The third-order valence-corrected chi connectivity index (χ3v) is 0.347. The Morgan fingerprint density at radius 1 is 1.50 bits per heavy atom. The topological polar surface area (TPSA) is 83.6 Å². The summed E-state index contributed by atoms with van der Waals surface area (Å²) in [5.41, 5.74) is 0. The zero-order chi connectivity index (χ0) is 7.11. The van der Waals surface area contributed by atoms with E-state index in [2.05, 4.69) is 9.40 Å². The van der Waals surface area contributed by atoms with E-state index in [1.54, 1.807) is 6.20 Å². The minimum atomic E-state index is -2.87. The van der Waals surface area contributed by atoms with Crippen LogP contribution in [0.5, 0.6) is 0 Å². The second-order valence-corrected chi connectivity index (χ2v) is 1.43. The molecule has 0 spiro atoms. The molecule has 1 aromatic heterocycles. The zero-order valence-electron chi connectivity index (χ0n) is 4.75. The highest BCUT2D eigenvalue weighted by Crippen LogP contribution is 1.98. The first-order valence-corrected chi connectivity index (χ1v) is 3.07. The van der Waals surface area contributed by atoms with Crippen LogP contribution in [0.25, 0.3) is 0 Å². The minimum absolute atomic E-state index is 0. The third kappa shape index (κ3) is 15.6. The van der Waals surface area contributed by atoms with Crippen molar-refractivity contribution in [2.24, 2.45) is 0 Å². The molecule has 0 amide bonds. The van der Waals surface area contributed by atoms with Crippen LogP contribution < -0.4 is 0 Å². The van der Waals surface area contributed by atoms with E-state index in [1.165, 1.54) is 12.7 Å². The Hall–Kier alpha value is -0.290. The second-order valence-electron chi connectivity index (χ2n) is 0.928. The molecule has 0 saturated carbocycles. The molecule has 1 aromatic rings. The molecule has 58 valence electrons. The fourth-order valence-corrected chi connectivity index (χ4v) is 0.176. The number of hydrogen-bond acceptors (Lipinski definition) is 3. The van der Waals surface area contributed by atoms with Gasteiger partial charge in [0.25, 0.3) is 0 Å². The van der Waals surface area contributed by atoms with Gasteiger partial charge in [-0.25, -0.2) is 4.98 Å². The lowest BCUT2D eigenvalue weighted by Gasteiger charge is -1.47. The molecule has 5 nitrogen and oxygen atoms in total. The van der Waals surface area contributed by atoms with Crippen LogP contribution in [-0.4, -0.2) is 14.8 Å². The van der Waals surface area contributed by atoms with Gasteiger partial charge in [0.05, 0.1) is 6.20 Å². The van der Waals surface area contributed by atoms with Crippen molar-refractivity contribution in [2.75, 3.05) is 0 Å². The Morgan fingerprint density at radius 3 is 2.10 bits per heavy atom. The molecule has 1 rings (SSSR count). The standard InChI is InChI=1S/C3H3NO.BrH.HO3P/c1-2-5-3-4-1;;1-4(2)3/h1-3H;1H;(H-,1,2,3)/p+1. The Bertz CT molecular complexity index is 134. The normalized spacial score (nSPS) is 6.60. The SMILES string of the molecule is Br.O=[P+](O)O.c1cocn1.